The Hall–Kier alpha value is -2.18. The van der Waals surface area contributed by atoms with E-state index in [1.807, 2.05) is 35.2 Å². The second-order valence-corrected chi connectivity index (χ2v) is 7.75. The Morgan fingerprint density at radius 2 is 2.20 bits per heavy atom. The van der Waals surface area contributed by atoms with Gasteiger partial charge in [-0.2, -0.15) is 4.98 Å². The van der Waals surface area contributed by atoms with E-state index in [0.717, 1.165) is 17.0 Å². The first kappa shape index (κ1) is 16.3. The van der Waals surface area contributed by atoms with E-state index in [1.54, 1.807) is 6.92 Å². The molecule has 2 aromatic heterocycles. The highest BCUT2D eigenvalue weighted by molar-refractivity contribution is 7.19. The molecule has 1 aliphatic heterocycles. The average Bonchev–Trinajstić information content (AvgIpc) is 3.30. The third kappa shape index (κ3) is 3.19. The number of thiophene rings is 1. The van der Waals surface area contributed by atoms with Gasteiger partial charge in [-0.15, -0.1) is 11.3 Å². The van der Waals surface area contributed by atoms with Crippen LogP contribution in [-0.2, 0) is 11.2 Å². The van der Waals surface area contributed by atoms with Gasteiger partial charge in [0.15, 0.2) is 0 Å². The van der Waals surface area contributed by atoms with Gasteiger partial charge in [0.05, 0.1) is 9.21 Å². The molecule has 0 radical (unpaired) electrons. The lowest BCUT2D eigenvalue weighted by Crippen LogP contribution is -2.27. The fraction of sp³-hybridized carbons (Fsp3) is 0.278. The summed E-state index contributed by atoms with van der Waals surface area (Å²) in [5.41, 5.74) is 2.22. The number of hydrogen-bond acceptors (Lipinski definition) is 5. The maximum atomic E-state index is 11.9. The first-order chi connectivity index (χ1) is 12.1. The first-order valence-electron chi connectivity index (χ1n) is 8.07. The first-order valence-corrected chi connectivity index (χ1v) is 9.26. The van der Waals surface area contributed by atoms with Gasteiger partial charge in [-0.1, -0.05) is 35.0 Å². The van der Waals surface area contributed by atoms with Crippen molar-refractivity contribution in [3.05, 3.63) is 52.2 Å². The number of halogens is 1. The van der Waals surface area contributed by atoms with Crippen molar-refractivity contribution in [2.24, 2.45) is 0 Å². The number of para-hydroxylation sites is 1. The van der Waals surface area contributed by atoms with Crippen LogP contribution in [0.2, 0.25) is 4.34 Å². The van der Waals surface area contributed by atoms with Crippen molar-refractivity contribution in [2.45, 2.75) is 25.7 Å². The van der Waals surface area contributed by atoms with Crippen LogP contribution >= 0.6 is 22.9 Å². The second-order valence-electron chi connectivity index (χ2n) is 6.04. The maximum Gasteiger partial charge on any atom is 0.227 e. The molecule has 7 heteroatoms. The van der Waals surface area contributed by atoms with E-state index in [1.165, 1.54) is 16.9 Å². The zero-order valence-corrected chi connectivity index (χ0v) is 15.2. The molecule has 3 heterocycles. The van der Waals surface area contributed by atoms with E-state index >= 15 is 0 Å². The van der Waals surface area contributed by atoms with Crippen LogP contribution in [0.25, 0.3) is 10.7 Å². The summed E-state index contributed by atoms with van der Waals surface area (Å²) in [6.45, 7) is 2.31. The standard InChI is InChI=1S/C18H16ClN3O2S/c1-11(23)22-10-12(13-4-2-3-5-14(13)22)6-9-17-20-18(21-24-17)15-7-8-16(19)25-15/h2-5,7-8,12H,6,9-10H2,1H3. The molecule has 1 unspecified atom stereocenters. The highest BCUT2D eigenvalue weighted by Crippen LogP contribution is 2.38. The van der Waals surface area contributed by atoms with Gasteiger partial charge >= 0.3 is 0 Å². The molecule has 3 aromatic rings. The van der Waals surface area contributed by atoms with Gasteiger partial charge in [0.25, 0.3) is 0 Å². The van der Waals surface area contributed by atoms with Crippen molar-refractivity contribution >= 4 is 34.5 Å². The molecule has 0 N–H and O–H groups in total. The van der Waals surface area contributed by atoms with Crippen LogP contribution in [0, 0.1) is 0 Å². The lowest BCUT2D eigenvalue weighted by atomic mass is 9.96. The van der Waals surface area contributed by atoms with E-state index in [-0.39, 0.29) is 11.8 Å². The molecule has 1 atom stereocenters. The Bertz CT molecular complexity index is 920. The monoisotopic (exact) mass is 373 g/mol. The summed E-state index contributed by atoms with van der Waals surface area (Å²) in [5, 5.41) is 4.03. The summed E-state index contributed by atoms with van der Waals surface area (Å²) in [5.74, 6) is 1.54. The third-order valence-electron chi connectivity index (χ3n) is 4.42. The van der Waals surface area contributed by atoms with Gasteiger partial charge < -0.3 is 9.42 Å². The number of amides is 1. The summed E-state index contributed by atoms with van der Waals surface area (Å²) < 4.78 is 6.07. The van der Waals surface area contributed by atoms with Crippen molar-refractivity contribution in [3.63, 3.8) is 0 Å². The molecular weight excluding hydrogens is 358 g/mol. The Labute approximate surface area is 154 Å². The van der Waals surface area contributed by atoms with Crippen LogP contribution in [0.5, 0.6) is 0 Å². The molecule has 1 amide bonds. The predicted octanol–water partition coefficient (Wildman–Crippen LogP) is 4.53. The fourth-order valence-corrected chi connectivity index (χ4v) is 4.20. The number of carbonyl (C=O) groups is 1. The van der Waals surface area contributed by atoms with E-state index < -0.39 is 0 Å². The molecule has 1 aromatic carbocycles. The van der Waals surface area contributed by atoms with Gasteiger partial charge in [-0.05, 0) is 30.2 Å². The Morgan fingerprint density at radius 3 is 2.96 bits per heavy atom. The zero-order chi connectivity index (χ0) is 17.4. The quantitative estimate of drug-likeness (QED) is 0.673. The predicted molar refractivity (Wildman–Crippen MR) is 98.2 cm³/mol. The number of benzene rings is 1. The minimum absolute atomic E-state index is 0.0737. The normalized spacial score (nSPS) is 16.2. The smallest absolute Gasteiger partial charge is 0.227 e. The Kier molecular flexibility index (Phi) is 4.31. The average molecular weight is 374 g/mol. The van der Waals surface area contributed by atoms with Gasteiger partial charge in [0, 0.05) is 31.5 Å². The van der Waals surface area contributed by atoms with Crippen LogP contribution in [0.1, 0.15) is 30.7 Å². The summed E-state index contributed by atoms with van der Waals surface area (Å²) in [6, 6.07) is 11.8. The number of rotatable bonds is 4. The van der Waals surface area contributed by atoms with Crippen LogP contribution in [0.3, 0.4) is 0 Å². The van der Waals surface area contributed by atoms with Gasteiger partial charge in [-0.25, -0.2) is 0 Å². The molecule has 1 aliphatic rings. The zero-order valence-electron chi connectivity index (χ0n) is 13.6. The van der Waals surface area contributed by atoms with Crippen LogP contribution in [-0.4, -0.2) is 22.6 Å². The number of fused-ring (bicyclic) bond motifs is 1. The number of aryl methyl sites for hydroxylation is 1. The summed E-state index contributed by atoms with van der Waals surface area (Å²) in [6.07, 6.45) is 1.53. The largest absolute Gasteiger partial charge is 0.339 e. The van der Waals surface area contributed by atoms with Gasteiger partial charge in [0.2, 0.25) is 17.6 Å². The topological polar surface area (TPSA) is 59.2 Å². The van der Waals surface area contributed by atoms with Crippen LogP contribution in [0.15, 0.2) is 40.9 Å². The number of anilines is 1. The molecule has 0 spiro atoms. The molecule has 0 bridgehead atoms. The lowest BCUT2D eigenvalue weighted by molar-refractivity contribution is -0.116. The minimum Gasteiger partial charge on any atom is -0.339 e. The molecule has 0 fully saturated rings. The van der Waals surface area contributed by atoms with E-state index in [2.05, 4.69) is 16.2 Å². The highest BCUT2D eigenvalue weighted by atomic mass is 35.5. The SMILES string of the molecule is CC(=O)N1CC(CCc2nc(-c3ccc(Cl)s3)no2)c2ccccc21. The van der Waals surface area contributed by atoms with Gasteiger partial charge in [0.1, 0.15) is 0 Å². The number of hydrogen-bond donors (Lipinski definition) is 0. The Morgan fingerprint density at radius 1 is 1.36 bits per heavy atom. The number of carbonyl (C=O) groups excluding carboxylic acids is 1. The lowest BCUT2D eigenvalue weighted by Gasteiger charge is -2.14. The minimum atomic E-state index is 0.0737. The van der Waals surface area contributed by atoms with Crippen molar-refractivity contribution in [1.82, 2.24) is 10.1 Å². The summed E-state index contributed by atoms with van der Waals surface area (Å²) >= 11 is 7.38. The number of nitrogens with zero attached hydrogens (tertiary/aromatic N) is 3. The third-order valence-corrected chi connectivity index (χ3v) is 5.65. The van der Waals surface area contributed by atoms with Crippen LogP contribution < -0.4 is 4.90 Å². The molecule has 128 valence electrons. The second kappa shape index (κ2) is 6.61. The van der Waals surface area contributed by atoms with Crippen molar-refractivity contribution in [1.29, 1.82) is 0 Å². The summed E-state index contributed by atoms with van der Waals surface area (Å²) in [4.78, 5) is 19.1. The van der Waals surface area contributed by atoms with Crippen LogP contribution in [0.4, 0.5) is 5.69 Å². The van der Waals surface area contributed by atoms with E-state index in [0.29, 0.717) is 29.0 Å². The molecule has 4 rings (SSSR count). The van der Waals surface area contributed by atoms with E-state index in [4.69, 9.17) is 16.1 Å². The molecule has 0 saturated heterocycles. The Balaban J connectivity index is 1.47. The highest BCUT2D eigenvalue weighted by Gasteiger charge is 2.30. The van der Waals surface area contributed by atoms with Gasteiger partial charge in [-0.3, -0.25) is 4.79 Å². The van der Waals surface area contributed by atoms with Crippen molar-refractivity contribution < 1.29 is 9.32 Å². The summed E-state index contributed by atoms with van der Waals surface area (Å²) in [7, 11) is 0. The van der Waals surface area contributed by atoms with Crippen molar-refractivity contribution in [3.8, 4) is 10.7 Å². The van der Waals surface area contributed by atoms with E-state index in [9.17, 15) is 4.79 Å². The molecule has 0 aliphatic carbocycles. The molecule has 25 heavy (non-hydrogen) atoms. The molecular formula is C18H16ClN3O2S. The fourth-order valence-electron chi connectivity index (χ4n) is 3.23. The number of aromatic nitrogens is 2. The molecule has 0 saturated carbocycles. The molecule has 5 nitrogen and oxygen atoms in total. The maximum absolute atomic E-state index is 11.9. The van der Waals surface area contributed by atoms with Crippen molar-refractivity contribution in [2.75, 3.05) is 11.4 Å².